The van der Waals surface area contributed by atoms with Crippen molar-refractivity contribution in [3.05, 3.63) is 53.9 Å². The van der Waals surface area contributed by atoms with Crippen LogP contribution in [-0.2, 0) is 7.05 Å². The molecule has 0 aliphatic heterocycles. The van der Waals surface area contributed by atoms with Gasteiger partial charge in [-0.05, 0) is 24.2 Å². The van der Waals surface area contributed by atoms with Crippen LogP contribution in [0, 0.1) is 6.92 Å². The average molecular weight is 338 g/mol. The fourth-order valence-electron chi connectivity index (χ4n) is 2.45. The zero-order valence-corrected chi connectivity index (χ0v) is 14.4. The first-order chi connectivity index (χ1) is 11.2. The van der Waals surface area contributed by atoms with Gasteiger partial charge in [0.2, 0.25) is 0 Å². The Labute approximate surface area is 142 Å². The number of hydrogen-bond donors (Lipinski definition) is 0. The van der Waals surface area contributed by atoms with E-state index in [4.69, 9.17) is 0 Å². The fraction of sp³-hybridized carbons (Fsp3) is 0.118. The van der Waals surface area contributed by atoms with Crippen LogP contribution in [0.4, 0.5) is 0 Å². The molecule has 0 radical (unpaired) electrons. The van der Waals surface area contributed by atoms with Crippen molar-refractivity contribution in [3.8, 4) is 11.1 Å². The van der Waals surface area contributed by atoms with Gasteiger partial charge in [-0.1, -0.05) is 30.3 Å². The van der Waals surface area contributed by atoms with E-state index in [0.717, 1.165) is 26.2 Å². The summed E-state index contributed by atoms with van der Waals surface area (Å²) in [6, 6.07) is 10.4. The lowest BCUT2D eigenvalue weighted by Gasteiger charge is -2.06. The van der Waals surface area contributed by atoms with Crippen LogP contribution in [0.5, 0.6) is 0 Å². The Morgan fingerprint density at radius 2 is 1.96 bits per heavy atom. The molecule has 4 nitrogen and oxygen atoms in total. The molecule has 3 aromatic heterocycles. The Morgan fingerprint density at radius 3 is 2.70 bits per heavy atom. The number of hydrogen-bond acceptors (Lipinski definition) is 5. The first kappa shape index (κ1) is 14.4. The van der Waals surface area contributed by atoms with Gasteiger partial charge in [0.05, 0.1) is 5.39 Å². The summed E-state index contributed by atoms with van der Waals surface area (Å²) in [6.45, 7) is 1.93. The van der Waals surface area contributed by atoms with Gasteiger partial charge in [-0.15, -0.1) is 11.3 Å². The molecule has 0 spiro atoms. The molecule has 0 aliphatic rings. The zero-order valence-electron chi connectivity index (χ0n) is 12.7. The van der Waals surface area contributed by atoms with E-state index in [-0.39, 0.29) is 0 Å². The molecule has 114 valence electrons. The average Bonchev–Trinajstić information content (AvgIpc) is 3.15. The lowest BCUT2D eigenvalue weighted by atomic mass is 10.1. The molecule has 0 atom stereocenters. The number of thiophene rings is 1. The molecule has 4 rings (SSSR count). The number of aryl methyl sites for hydroxylation is 2. The number of rotatable bonds is 3. The molecular weight excluding hydrogens is 324 g/mol. The Bertz CT molecular complexity index is 973. The van der Waals surface area contributed by atoms with E-state index in [1.54, 1.807) is 29.3 Å². The van der Waals surface area contributed by atoms with E-state index in [1.807, 2.05) is 30.8 Å². The van der Waals surface area contributed by atoms with E-state index < -0.39 is 0 Å². The summed E-state index contributed by atoms with van der Waals surface area (Å²) in [7, 11) is 1.99. The minimum absolute atomic E-state index is 0.788. The third kappa shape index (κ3) is 2.64. The summed E-state index contributed by atoms with van der Waals surface area (Å²) in [4.78, 5) is 14.7. The number of fused-ring (bicyclic) bond motifs is 1. The monoisotopic (exact) mass is 338 g/mol. The quantitative estimate of drug-likeness (QED) is 0.514. The van der Waals surface area contributed by atoms with E-state index in [2.05, 4.69) is 44.6 Å². The minimum atomic E-state index is 0.788. The lowest BCUT2D eigenvalue weighted by Crippen LogP contribution is -1.94. The predicted molar refractivity (Wildman–Crippen MR) is 94.9 cm³/mol. The predicted octanol–water partition coefficient (Wildman–Crippen LogP) is 4.55. The van der Waals surface area contributed by atoms with Crippen molar-refractivity contribution in [2.45, 2.75) is 17.1 Å². The first-order valence-electron chi connectivity index (χ1n) is 7.19. The molecule has 0 fully saturated rings. The molecule has 0 unspecified atom stereocenters. The van der Waals surface area contributed by atoms with Gasteiger partial charge in [0.25, 0.3) is 0 Å². The smallest absolute Gasteiger partial charge is 0.174 e. The van der Waals surface area contributed by atoms with Crippen LogP contribution < -0.4 is 0 Å². The summed E-state index contributed by atoms with van der Waals surface area (Å²) < 4.78 is 2.00. The highest BCUT2D eigenvalue weighted by atomic mass is 32.2. The molecule has 0 saturated heterocycles. The van der Waals surface area contributed by atoms with Crippen LogP contribution in [-0.4, -0.2) is 19.5 Å². The van der Waals surface area contributed by atoms with Crippen molar-refractivity contribution in [2.75, 3.05) is 0 Å². The molecule has 3 heterocycles. The van der Waals surface area contributed by atoms with Crippen molar-refractivity contribution in [1.29, 1.82) is 0 Å². The summed E-state index contributed by atoms with van der Waals surface area (Å²) in [5.74, 6) is 0.788. The molecule has 6 heteroatoms. The molecule has 0 bridgehead atoms. The van der Waals surface area contributed by atoms with E-state index in [1.165, 1.54) is 11.1 Å². The summed E-state index contributed by atoms with van der Waals surface area (Å²) in [5, 5.41) is 5.16. The van der Waals surface area contributed by atoms with Crippen molar-refractivity contribution in [1.82, 2.24) is 19.5 Å². The highest BCUT2D eigenvalue weighted by Crippen LogP contribution is 2.39. The molecule has 4 aromatic rings. The second kappa shape index (κ2) is 5.79. The Hall–Kier alpha value is -2.18. The number of nitrogens with zero attached hydrogens (tertiary/aromatic N) is 4. The third-order valence-electron chi connectivity index (χ3n) is 3.56. The van der Waals surface area contributed by atoms with Gasteiger partial charge in [0, 0.05) is 30.4 Å². The molecule has 23 heavy (non-hydrogen) atoms. The lowest BCUT2D eigenvalue weighted by molar-refractivity contribution is 0.788. The maximum absolute atomic E-state index is 4.68. The summed E-state index contributed by atoms with van der Waals surface area (Å²) in [6.07, 6.45) is 3.75. The maximum atomic E-state index is 4.68. The van der Waals surface area contributed by atoms with Crippen LogP contribution >= 0.6 is 23.1 Å². The van der Waals surface area contributed by atoms with Crippen LogP contribution in [0.2, 0.25) is 0 Å². The first-order valence-corrected chi connectivity index (χ1v) is 8.88. The SMILES string of the molecule is Cc1nc(Sc2nccn2C)c2c(-c3ccccc3)csc2n1. The maximum Gasteiger partial charge on any atom is 0.174 e. The molecule has 0 aliphatic carbocycles. The van der Waals surface area contributed by atoms with Gasteiger partial charge in [0.1, 0.15) is 15.7 Å². The Balaban J connectivity index is 1.92. The molecule has 1 aromatic carbocycles. The van der Waals surface area contributed by atoms with Gasteiger partial charge in [0.15, 0.2) is 5.16 Å². The van der Waals surface area contributed by atoms with Crippen LogP contribution in [0.25, 0.3) is 21.3 Å². The minimum Gasteiger partial charge on any atom is -0.329 e. The van der Waals surface area contributed by atoms with Crippen LogP contribution in [0.3, 0.4) is 0 Å². The third-order valence-corrected chi connectivity index (χ3v) is 5.50. The Kier molecular flexibility index (Phi) is 3.63. The summed E-state index contributed by atoms with van der Waals surface area (Å²) in [5.41, 5.74) is 2.37. The van der Waals surface area contributed by atoms with E-state index in [0.29, 0.717) is 0 Å². The number of imidazole rings is 1. The second-order valence-electron chi connectivity index (χ2n) is 5.19. The van der Waals surface area contributed by atoms with Crippen molar-refractivity contribution in [2.24, 2.45) is 7.05 Å². The van der Waals surface area contributed by atoms with Gasteiger partial charge in [-0.3, -0.25) is 0 Å². The second-order valence-corrected chi connectivity index (χ2v) is 7.01. The van der Waals surface area contributed by atoms with Gasteiger partial charge < -0.3 is 4.57 Å². The Morgan fingerprint density at radius 1 is 1.13 bits per heavy atom. The highest BCUT2D eigenvalue weighted by Gasteiger charge is 2.16. The largest absolute Gasteiger partial charge is 0.329 e. The van der Waals surface area contributed by atoms with Crippen LogP contribution in [0.1, 0.15) is 5.82 Å². The molecule has 0 amide bonds. The van der Waals surface area contributed by atoms with Crippen molar-refractivity contribution in [3.63, 3.8) is 0 Å². The zero-order chi connectivity index (χ0) is 15.8. The fourth-order valence-corrected chi connectivity index (χ4v) is 4.49. The summed E-state index contributed by atoms with van der Waals surface area (Å²) >= 11 is 3.25. The number of aromatic nitrogens is 4. The molecule has 0 saturated carbocycles. The van der Waals surface area contributed by atoms with Gasteiger partial charge >= 0.3 is 0 Å². The normalized spacial score (nSPS) is 11.2. The van der Waals surface area contributed by atoms with Gasteiger partial charge in [-0.25, -0.2) is 15.0 Å². The van der Waals surface area contributed by atoms with E-state index >= 15 is 0 Å². The highest BCUT2D eigenvalue weighted by molar-refractivity contribution is 7.99. The standard InChI is InChI=1S/C17H14N4S2/c1-11-19-15-14(13(10-22-15)12-6-4-3-5-7-12)16(20-11)23-17-18-8-9-21(17)2/h3-10H,1-2H3. The van der Waals surface area contributed by atoms with Crippen LogP contribution in [0.15, 0.2) is 58.3 Å². The molecule has 0 N–H and O–H groups in total. The van der Waals surface area contributed by atoms with Crippen molar-refractivity contribution < 1.29 is 0 Å². The topological polar surface area (TPSA) is 43.6 Å². The van der Waals surface area contributed by atoms with Gasteiger partial charge in [-0.2, -0.15) is 0 Å². The number of benzene rings is 1. The molecular formula is C17H14N4S2. The van der Waals surface area contributed by atoms with Crippen molar-refractivity contribution >= 4 is 33.3 Å². The van der Waals surface area contributed by atoms with E-state index in [9.17, 15) is 0 Å².